The number of aliphatic carboxylic acids is 2. The summed E-state index contributed by atoms with van der Waals surface area (Å²) in [6.07, 6.45) is 0. The first-order valence-electron chi connectivity index (χ1n) is 8.17. The van der Waals surface area contributed by atoms with Crippen molar-refractivity contribution in [2.24, 2.45) is 0 Å². The minimum Gasteiger partial charge on any atom is -0.480 e. The lowest BCUT2D eigenvalue weighted by Gasteiger charge is -2.25. The summed E-state index contributed by atoms with van der Waals surface area (Å²) in [5.41, 5.74) is 1.20. The van der Waals surface area contributed by atoms with E-state index in [0.29, 0.717) is 26.2 Å². The molecule has 1 aliphatic rings. The van der Waals surface area contributed by atoms with Crippen LogP contribution in [0.15, 0.2) is 30.3 Å². The van der Waals surface area contributed by atoms with Crippen molar-refractivity contribution in [1.29, 1.82) is 0 Å². The largest absolute Gasteiger partial charge is 0.480 e. The monoisotopic (exact) mass is 335 g/mol. The van der Waals surface area contributed by atoms with Gasteiger partial charge in [-0.05, 0) is 5.56 Å². The molecule has 1 heterocycles. The maximum atomic E-state index is 11.0. The molecule has 0 amide bonds. The molecule has 7 nitrogen and oxygen atoms in total. The number of nitrogens with zero attached hydrogens (tertiary/aromatic N) is 3. The first kappa shape index (κ1) is 18.4. The minimum absolute atomic E-state index is 0.0138. The fourth-order valence-electron chi connectivity index (χ4n) is 2.88. The number of rotatable bonds is 6. The minimum atomic E-state index is -0.853. The second-order valence-corrected chi connectivity index (χ2v) is 6.10. The molecule has 0 aliphatic carbocycles. The van der Waals surface area contributed by atoms with Crippen LogP contribution in [0, 0.1) is 0 Å². The Labute approximate surface area is 142 Å². The highest BCUT2D eigenvalue weighted by Gasteiger charge is 2.19. The number of benzene rings is 1. The summed E-state index contributed by atoms with van der Waals surface area (Å²) in [4.78, 5) is 28.0. The van der Waals surface area contributed by atoms with Crippen molar-refractivity contribution in [2.45, 2.75) is 6.54 Å². The quantitative estimate of drug-likeness (QED) is 0.772. The fraction of sp³-hybridized carbons (Fsp3) is 0.529. The summed E-state index contributed by atoms with van der Waals surface area (Å²) in [6, 6.07) is 10.1. The third kappa shape index (κ3) is 6.66. The van der Waals surface area contributed by atoms with Crippen molar-refractivity contribution >= 4 is 11.9 Å². The van der Waals surface area contributed by atoms with Gasteiger partial charge >= 0.3 is 11.9 Å². The molecule has 0 spiro atoms. The van der Waals surface area contributed by atoms with Gasteiger partial charge in [0.1, 0.15) is 0 Å². The van der Waals surface area contributed by atoms with Crippen LogP contribution in [0.3, 0.4) is 0 Å². The van der Waals surface area contributed by atoms with Gasteiger partial charge in [-0.1, -0.05) is 30.3 Å². The molecule has 0 unspecified atom stereocenters. The Bertz CT molecular complexity index is 510. The lowest BCUT2D eigenvalue weighted by Crippen LogP contribution is -2.40. The van der Waals surface area contributed by atoms with Gasteiger partial charge < -0.3 is 10.2 Å². The van der Waals surface area contributed by atoms with Crippen LogP contribution in [-0.2, 0) is 16.1 Å². The number of carboxylic acids is 2. The van der Waals surface area contributed by atoms with E-state index in [2.05, 4.69) is 17.0 Å². The SMILES string of the molecule is O=C(O)CN1CCN(CC(=O)O)CCN(Cc2ccccc2)CC1. The van der Waals surface area contributed by atoms with Crippen LogP contribution in [0.2, 0.25) is 0 Å². The Balaban J connectivity index is 2.02. The van der Waals surface area contributed by atoms with E-state index in [1.165, 1.54) is 5.56 Å². The fourth-order valence-corrected chi connectivity index (χ4v) is 2.88. The number of carbonyl (C=O) groups is 2. The van der Waals surface area contributed by atoms with Crippen LogP contribution >= 0.6 is 0 Å². The summed E-state index contributed by atoms with van der Waals surface area (Å²) in [5.74, 6) is -1.71. The van der Waals surface area contributed by atoms with Crippen molar-refractivity contribution in [1.82, 2.24) is 14.7 Å². The van der Waals surface area contributed by atoms with Crippen molar-refractivity contribution in [2.75, 3.05) is 52.4 Å². The van der Waals surface area contributed by atoms with Gasteiger partial charge in [0, 0.05) is 45.8 Å². The van der Waals surface area contributed by atoms with Gasteiger partial charge in [-0.25, -0.2) is 0 Å². The van der Waals surface area contributed by atoms with Crippen molar-refractivity contribution in [3.8, 4) is 0 Å². The van der Waals surface area contributed by atoms with E-state index < -0.39 is 11.9 Å². The lowest BCUT2D eigenvalue weighted by molar-refractivity contribution is -0.140. The average Bonchev–Trinajstić information content (AvgIpc) is 2.61. The molecule has 0 saturated carbocycles. The van der Waals surface area contributed by atoms with Crippen LogP contribution < -0.4 is 0 Å². The Morgan fingerprint density at radius 2 is 1.17 bits per heavy atom. The number of carboxylic acid groups (broad SMARTS) is 2. The van der Waals surface area contributed by atoms with E-state index in [4.69, 9.17) is 10.2 Å². The van der Waals surface area contributed by atoms with Gasteiger partial charge in [0.05, 0.1) is 13.1 Å². The smallest absolute Gasteiger partial charge is 0.317 e. The second-order valence-electron chi connectivity index (χ2n) is 6.10. The molecule has 2 N–H and O–H groups in total. The summed E-state index contributed by atoms with van der Waals surface area (Å²) in [6.45, 7) is 4.76. The van der Waals surface area contributed by atoms with Gasteiger partial charge in [0.15, 0.2) is 0 Å². The Hall–Kier alpha value is -1.96. The van der Waals surface area contributed by atoms with E-state index in [9.17, 15) is 9.59 Å². The Morgan fingerprint density at radius 3 is 1.58 bits per heavy atom. The van der Waals surface area contributed by atoms with Crippen LogP contribution in [0.4, 0.5) is 0 Å². The molecule has 1 saturated heterocycles. The summed E-state index contributed by atoms with van der Waals surface area (Å²) in [7, 11) is 0. The third-order valence-corrected chi connectivity index (χ3v) is 4.16. The van der Waals surface area contributed by atoms with Gasteiger partial charge in [-0.2, -0.15) is 0 Å². The van der Waals surface area contributed by atoms with E-state index in [1.54, 1.807) is 0 Å². The van der Waals surface area contributed by atoms with E-state index >= 15 is 0 Å². The molecule has 1 fully saturated rings. The normalized spacial score (nSPS) is 18.5. The van der Waals surface area contributed by atoms with E-state index in [-0.39, 0.29) is 13.1 Å². The zero-order valence-corrected chi connectivity index (χ0v) is 13.8. The van der Waals surface area contributed by atoms with Gasteiger partial charge in [0.25, 0.3) is 0 Å². The molecule has 7 heteroatoms. The van der Waals surface area contributed by atoms with Crippen molar-refractivity contribution in [3.05, 3.63) is 35.9 Å². The zero-order chi connectivity index (χ0) is 17.4. The van der Waals surface area contributed by atoms with Gasteiger partial charge in [0.2, 0.25) is 0 Å². The molecule has 132 valence electrons. The molecule has 0 bridgehead atoms. The standard InChI is InChI=1S/C17H25N3O4/c21-16(22)13-19-8-6-18(12-15-4-2-1-3-5-15)7-9-20(11-10-19)14-17(23)24/h1-5H,6-14H2,(H,21,22)(H,23,24). The summed E-state index contributed by atoms with van der Waals surface area (Å²) >= 11 is 0. The van der Waals surface area contributed by atoms with E-state index in [1.807, 2.05) is 28.0 Å². The van der Waals surface area contributed by atoms with Crippen molar-refractivity contribution in [3.63, 3.8) is 0 Å². The highest BCUT2D eigenvalue weighted by Crippen LogP contribution is 2.07. The molecule has 1 aromatic carbocycles. The zero-order valence-electron chi connectivity index (χ0n) is 13.8. The lowest BCUT2D eigenvalue weighted by atomic mass is 10.2. The Kier molecular flexibility index (Phi) is 7.17. The molecule has 2 rings (SSSR count). The first-order chi connectivity index (χ1) is 11.5. The number of hydrogen-bond acceptors (Lipinski definition) is 5. The van der Waals surface area contributed by atoms with Gasteiger partial charge in [-0.15, -0.1) is 0 Å². The molecule has 0 radical (unpaired) electrons. The predicted molar refractivity (Wildman–Crippen MR) is 89.9 cm³/mol. The van der Waals surface area contributed by atoms with Crippen LogP contribution in [0.1, 0.15) is 5.56 Å². The third-order valence-electron chi connectivity index (χ3n) is 4.16. The summed E-state index contributed by atoms with van der Waals surface area (Å²) < 4.78 is 0. The maximum absolute atomic E-state index is 11.0. The topological polar surface area (TPSA) is 84.3 Å². The number of hydrogen-bond donors (Lipinski definition) is 2. The van der Waals surface area contributed by atoms with Crippen LogP contribution in [-0.4, -0.2) is 89.2 Å². The molecule has 24 heavy (non-hydrogen) atoms. The molecule has 1 aromatic rings. The van der Waals surface area contributed by atoms with Crippen LogP contribution in [0.5, 0.6) is 0 Å². The molecule has 0 aromatic heterocycles. The van der Waals surface area contributed by atoms with Crippen LogP contribution in [0.25, 0.3) is 0 Å². The molecule has 0 atom stereocenters. The predicted octanol–water partition coefficient (Wildman–Crippen LogP) is 0.275. The van der Waals surface area contributed by atoms with Gasteiger partial charge in [-0.3, -0.25) is 24.3 Å². The Morgan fingerprint density at radius 1 is 0.750 bits per heavy atom. The molecular formula is C17H25N3O4. The molecular weight excluding hydrogens is 310 g/mol. The highest BCUT2D eigenvalue weighted by atomic mass is 16.4. The summed E-state index contributed by atoms with van der Waals surface area (Å²) in [5, 5.41) is 18.1. The first-order valence-corrected chi connectivity index (χ1v) is 8.17. The second kappa shape index (κ2) is 9.36. The highest BCUT2D eigenvalue weighted by molar-refractivity contribution is 5.69. The molecule has 1 aliphatic heterocycles. The average molecular weight is 335 g/mol. The van der Waals surface area contributed by atoms with E-state index in [0.717, 1.165) is 19.6 Å². The van der Waals surface area contributed by atoms with Crippen molar-refractivity contribution < 1.29 is 19.8 Å². The maximum Gasteiger partial charge on any atom is 0.317 e.